The average Bonchev–Trinajstić information content (AvgIpc) is 2.49. The number of nitrogens with zero attached hydrogens (tertiary/aromatic N) is 2. The van der Waals surface area contributed by atoms with E-state index in [2.05, 4.69) is 4.98 Å². The number of halogens is 1. The molecule has 4 heteroatoms. The summed E-state index contributed by atoms with van der Waals surface area (Å²) in [5.41, 5.74) is 7.55. The number of hydrogen-bond acceptors (Lipinski definition) is 2. The summed E-state index contributed by atoms with van der Waals surface area (Å²) in [7, 11) is 1.83. The Morgan fingerprint density at radius 2 is 2.31 bits per heavy atom. The highest BCUT2D eigenvalue weighted by molar-refractivity contribution is 5.79. The fourth-order valence-electron chi connectivity index (χ4n) is 1.50. The molecule has 0 bridgehead atoms. The fourth-order valence-corrected chi connectivity index (χ4v) is 1.50. The molecule has 2 rings (SSSR count). The van der Waals surface area contributed by atoms with E-state index < -0.39 is 0 Å². The molecule has 0 aliphatic carbocycles. The molecule has 0 amide bonds. The maximum atomic E-state index is 13.3. The summed E-state index contributed by atoms with van der Waals surface area (Å²) in [6, 6.07) is 3.06. The zero-order chi connectivity index (χ0) is 9.42. The van der Waals surface area contributed by atoms with Crippen molar-refractivity contribution >= 4 is 11.0 Å². The lowest BCUT2D eigenvalue weighted by Crippen LogP contribution is -2.02. The Morgan fingerprint density at radius 1 is 1.54 bits per heavy atom. The van der Waals surface area contributed by atoms with E-state index in [4.69, 9.17) is 5.73 Å². The first-order valence-electron chi connectivity index (χ1n) is 4.02. The van der Waals surface area contributed by atoms with Crippen LogP contribution >= 0.6 is 0 Å². The van der Waals surface area contributed by atoms with Crippen LogP contribution in [0.3, 0.4) is 0 Å². The normalized spacial score (nSPS) is 11.0. The molecule has 0 aliphatic heterocycles. The van der Waals surface area contributed by atoms with Crippen molar-refractivity contribution in [1.82, 2.24) is 9.55 Å². The maximum Gasteiger partial charge on any atom is 0.129 e. The number of benzene rings is 1. The van der Waals surface area contributed by atoms with Crippen molar-refractivity contribution in [1.29, 1.82) is 0 Å². The molecule has 0 atom stereocenters. The third kappa shape index (κ3) is 1.10. The van der Waals surface area contributed by atoms with Gasteiger partial charge in [-0.2, -0.15) is 0 Å². The van der Waals surface area contributed by atoms with E-state index in [1.807, 2.05) is 7.05 Å². The lowest BCUT2D eigenvalue weighted by Gasteiger charge is -2.03. The second kappa shape index (κ2) is 2.81. The van der Waals surface area contributed by atoms with Crippen molar-refractivity contribution in [3.63, 3.8) is 0 Å². The van der Waals surface area contributed by atoms with Gasteiger partial charge in [-0.25, -0.2) is 9.37 Å². The fraction of sp³-hybridized carbons (Fsp3) is 0.222. The summed E-state index contributed by atoms with van der Waals surface area (Å²) < 4.78 is 15.0. The third-order valence-electron chi connectivity index (χ3n) is 2.13. The van der Waals surface area contributed by atoms with Crippen LogP contribution in [0.25, 0.3) is 11.0 Å². The smallest absolute Gasteiger partial charge is 0.129 e. The number of nitrogens with two attached hydrogens (primary N) is 1. The Hall–Kier alpha value is -1.42. The van der Waals surface area contributed by atoms with Crippen LogP contribution in [0.2, 0.25) is 0 Å². The van der Waals surface area contributed by atoms with Gasteiger partial charge >= 0.3 is 0 Å². The van der Waals surface area contributed by atoms with E-state index in [0.29, 0.717) is 5.56 Å². The second-order valence-electron chi connectivity index (χ2n) is 2.95. The Labute approximate surface area is 75.0 Å². The van der Waals surface area contributed by atoms with Crippen LogP contribution < -0.4 is 5.73 Å². The Balaban J connectivity index is 2.88. The summed E-state index contributed by atoms with van der Waals surface area (Å²) >= 11 is 0. The van der Waals surface area contributed by atoms with Crippen molar-refractivity contribution in [3.05, 3.63) is 29.8 Å². The number of aryl methyl sites for hydroxylation is 1. The van der Waals surface area contributed by atoms with Crippen LogP contribution in [0.5, 0.6) is 0 Å². The van der Waals surface area contributed by atoms with Crippen molar-refractivity contribution in [3.8, 4) is 0 Å². The van der Waals surface area contributed by atoms with Crippen LogP contribution in [-0.2, 0) is 13.6 Å². The molecule has 3 nitrogen and oxygen atoms in total. The van der Waals surface area contributed by atoms with Gasteiger partial charge in [0.05, 0.1) is 17.4 Å². The van der Waals surface area contributed by atoms with Crippen molar-refractivity contribution < 1.29 is 4.39 Å². The molecule has 0 saturated carbocycles. The molecule has 0 radical (unpaired) electrons. The van der Waals surface area contributed by atoms with Crippen molar-refractivity contribution in [2.75, 3.05) is 0 Å². The van der Waals surface area contributed by atoms with Gasteiger partial charge in [0.2, 0.25) is 0 Å². The number of aromatic nitrogens is 2. The standard InChI is InChI=1S/C9H10FN3/c1-13-5-12-8-3-2-7(10)6(4-11)9(8)13/h2-3,5H,4,11H2,1H3. The van der Waals surface area contributed by atoms with E-state index in [9.17, 15) is 4.39 Å². The van der Waals surface area contributed by atoms with Crippen LogP contribution in [0.15, 0.2) is 18.5 Å². The predicted molar refractivity (Wildman–Crippen MR) is 48.6 cm³/mol. The van der Waals surface area contributed by atoms with Gasteiger partial charge in [0.15, 0.2) is 0 Å². The third-order valence-corrected chi connectivity index (χ3v) is 2.13. The summed E-state index contributed by atoms with van der Waals surface area (Å²) in [5, 5.41) is 0. The maximum absolute atomic E-state index is 13.3. The van der Waals surface area contributed by atoms with Gasteiger partial charge in [-0.15, -0.1) is 0 Å². The molecule has 0 saturated heterocycles. The Bertz CT molecular complexity index is 447. The van der Waals surface area contributed by atoms with Crippen LogP contribution in [0.4, 0.5) is 4.39 Å². The highest BCUT2D eigenvalue weighted by Gasteiger charge is 2.09. The number of imidazole rings is 1. The molecule has 68 valence electrons. The minimum absolute atomic E-state index is 0.197. The van der Waals surface area contributed by atoms with Crippen LogP contribution in [-0.4, -0.2) is 9.55 Å². The summed E-state index contributed by atoms with van der Waals surface area (Å²) in [6.07, 6.45) is 1.66. The van der Waals surface area contributed by atoms with Gasteiger partial charge in [-0.1, -0.05) is 0 Å². The molecule has 2 N–H and O–H groups in total. The summed E-state index contributed by atoms with van der Waals surface area (Å²) in [5.74, 6) is -0.265. The van der Waals surface area contributed by atoms with E-state index in [0.717, 1.165) is 11.0 Å². The molecule has 1 aromatic heterocycles. The molecule has 0 fully saturated rings. The number of hydrogen-bond donors (Lipinski definition) is 1. The zero-order valence-corrected chi connectivity index (χ0v) is 7.29. The molecule has 2 aromatic rings. The Morgan fingerprint density at radius 3 is 3.00 bits per heavy atom. The lowest BCUT2D eigenvalue weighted by molar-refractivity contribution is 0.612. The van der Waals surface area contributed by atoms with Crippen molar-refractivity contribution in [2.45, 2.75) is 6.54 Å². The largest absolute Gasteiger partial charge is 0.333 e. The molecular formula is C9H10FN3. The SMILES string of the molecule is Cn1cnc2ccc(F)c(CN)c21. The molecule has 13 heavy (non-hydrogen) atoms. The number of fused-ring (bicyclic) bond motifs is 1. The van der Waals surface area contributed by atoms with E-state index in [1.165, 1.54) is 6.07 Å². The highest BCUT2D eigenvalue weighted by Crippen LogP contribution is 2.19. The first kappa shape index (κ1) is 8.19. The van der Waals surface area contributed by atoms with E-state index in [-0.39, 0.29) is 12.4 Å². The van der Waals surface area contributed by atoms with Gasteiger partial charge < -0.3 is 10.3 Å². The minimum atomic E-state index is -0.265. The zero-order valence-electron chi connectivity index (χ0n) is 7.29. The topological polar surface area (TPSA) is 43.8 Å². The molecule has 1 heterocycles. The first-order valence-corrected chi connectivity index (χ1v) is 4.02. The molecular weight excluding hydrogens is 169 g/mol. The summed E-state index contributed by atoms with van der Waals surface area (Å²) in [6.45, 7) is 0.197. The van der Waals surface area contributed by atoms with Gasteiger partial charge in [0.25, 0.3) is 0 Å². The van der Waals surface area contributed by atoms with Crippen LogP contribution in [0, 0.1) is 5.82 Å². The lowest BCUT2D eigenvalue weighted by atomic mass is 10.1. The molecule has 1 aromatic carbocycles. The highest BCUT2D eigenvalue weighted by atomic mass is 19.1. The molecule has 0 unspecified atom stereocenters. The second-order valence-corrected chi connectivity index (χ2v) is 2.95. The average molecular weight is 179 g/mol. The van der Waals surface area contributed by atoms with Crippen molar-refractivity contribution in [2.24, 2.45) is 12.8 Å². The molecule has 0 spiro atoms. The van der Waals surface area contributed by atoms with Gasteiger partial charge in [0.1, 0.15) is 5.82 Å². The first-order chi connectivity index (χ1) is 6.24. The van der Waals surface area contributed by atoms with Gasteiger partial charge in [-0.05, 0) is 12.1 Å². The minimum Gasteiger partial charge on any atom is -0.333 e. The molecule has 0 aliphatic rings. The predicted octanol–water partition coefficient (Wildman–Crippen LogP) is 1.17. The van der Waals surface area contributed by atoms with E-state index >= 15 is 0 Å². The quantitative estimate of drug-likeness (QED) is 0.714. The van der Waals surface area contributed by atoms with E-state index in [1.54, 1.807) is 17.0 Å². The monoisotopic (exact) mass is 179 g/mol. The Kier molecular flexibility index (Phi) is 1.77. The van der Waals surface area contributed by atoms with Gasteiger partial charge in [0, 0.05) is 19.2 Å². The number of rotatable bonds is 1. The van der Waals surface area contributed by atoms with Crippen LogP contribution in [0.1, 0.15) is 5.56 Å². The van der Waals surface area contributed by atoms with Gasteiger partial charge in [-0.3, -0.25) is 0 Å². The summed E-state index contributed by atoms with van der Waals surface area (Å²) in [4.78, 5) is 4.11.